The molecule has 1 fully saturated rings. The molecular weight excluding hydrogens is 246 g/mol. The van der Waals surface area contributed by atoms with Crippen LogP contribution in [0.25, 0.3) is 0 Å². The minimum absolute atomic E-state index is 0.231. The van der Waals surface area contributed by atoms with Gasteiger partial charge in [-0.05, 0) is 18.9 Å². The van der Waals surface area contributed by atoms with Crippen molar-refractivity contribution in [3.63, 3.8) is 0 Å². The van der Waals surface area contributed by atoms with Crippen molar-refractivity contribution in [2.75, 3.05) is 31.7 Å². The van der Waals surface area contributed by atoms with Crippen molar-refractivity contribution < 1.29 is 14.9 Å². The summed E-state index contributed by atoms with van der Waals surface area (Å²) in [5, 5.41) is 28.4. The fraction of sp³-hybridized carbons (Fsp3) is 0.538. The molecule has 1 aliphatic heterocycles. The van der Waals surface area contributed by atoms with Crippen molar-refractivity contribution in [2.24, 2.45) is 0 Å². The van der Waals surface area contributed by atoms with Crippen LogP contribution in [0.4, 0.5) is 5.69 Å². The summed E-state index contributed by atoms with van der Waals surface area (Å²) in [5.41, 5.74) is 0.161. The van der Waals surface area contributed by atoms with E-state index in [2.05, 4.69) is 11.1 Å². The summed E-state index contributed by atoms with van der Waals surface area (Å²) in [4.78, 5) is 6.01. The fourth-order valence-electron chi connectivity index (χ4n) is 2.28. The van der Waals surface area contributed by atoms with Gasteiger partial charge in [0.25, 0.3) is 0 Å². The Bertz CT molecular complexity index is 490. The summed E-state index contributed by atoms with van der Waals surface area (Å²) < 4.78 is 5.08. The molecule has 0 radical (unpaired) electrons. The van der Waals surface area contributed by atoms with Gasteiger partial charge >= 0.3 is 0 Å². The lowest BCUT2D eigenvalue weighted by molar-refractivity contribution is -0.0325. The van der Waals surface area contributed by atoms with Crippen LogP contribution in [0.3, 0.4) is 0 Å². The second-order valence-electron chi connectivity index (χ2n) is 4.70. The van der Waals surface area contributed by atoms with Gasteiger partial charge in [0.15, 0.2) is 0 Å². The lowest BCUT2D eigenvalue weighted by atomic mass is 9.92. The number of nitrogens with zero attached hydrogens (tertiary/aromatic N) is 3. The first-order valence-corrected chi connectivity index (χ1v) is 6.15. The fourth-order valence-corrected chi connectivity index (χ4v) is 2.28. The predicted octanol–water partition coefficient (Wildman–Crippen LogP) is 0.285. The van der Waals surface area contributed by atoms with Crippen LogP contribution in [-0.2, 0) is 0 Å². The van der Waals surface area contributed by atoms with Crippen LogP contribution in [-0.4, -0.2) is 47.6 Å². The molecule has 0 spiro atoms. The standard InChI is InChI=1S/C13H17N3O3/c1-19-12-10(8-14)11(2-5-15-12)16-6-3-13(18,9-17)4-7-16/h2,5,17-18H,3-4,6-7,9H2,1H3. The van der Waals surface area contributed by atoms with Gasteiger partial charge < -0.3 is 19.8 Å². The second-order valence-corrected chi connectivity index (χ2v) is 4.70. The van der Waals surface area contributed by atoms with E-state index in [1.807, 2.05) is 4.90 Å². The quantitative estimate of drug-likeness (QED) is 0.814. The van der Waals surface area contributed by atoms with Crippen LogP contribution in [0.5, 0.6) is 5.88 Å². The number of rotatable bonds is 3. The Morgan fingerprint density at radius 1 is 1.53 bits per heavy atom. The zero-order valence-electron chi connectivity index (χ0n) is 10.8. The van der Waals surface area contributed by atoms with E-state index in [1.54, 1.807) is 12.3 Å². The van der Waals surface area contributed by atoms with Gasteiger partial charge in [-0.1, -0.05) is 0 Å². The van der Waals surface area contributed by atoms with E-state index in [4.69, 9.17) is 9.84 Å². The van der Waals surface area contributed by atoms with E-state index in [0.717, 1.165) is 5.69 Å². The Balaban J connectivity index is 2.23. The van der Waals surface area contributed by atoms with Crippen molar-refractivity contribution >= 4 is 5.69 Å². The second kappa shape index (κ2) is 5.43. The number of ether oxygens (including phenoxy) is 1. The molecule has 1 saturated heterocycles. The van der Waals surface area contributed by atoms with Crippen LogP contribution >= 0.6 is 0 Å². The molecule has 6 heteroatoms. The average molecular weight is 263 g/mol. The van der Waals surface area contributed by atoms with E-state index < -0.39 is 5.60 Å². The molecule has 0 bridgehead atoms. The van der Waals surface area contributed by atoms with E-state index >= 15 is 0 Å². The summed E-state index contributed by atoms with van der Waals surface area (Å²) >= 11 is 0. The highest BCUT2D eigenvalue weighted by Gasteiger charge is 2.32. The molecule has 1 aromatic rings. The van der Waals surface area contributed by atoms with Crippen LogP contribution in [0.2, 0.25) is 0 Å². The number of hydrogen-bond acceptors (Lipinski definition) is 6. The monoisotopic (exact) mass is 263 g/mol. The number of piperidine rings is 1. The normalized spacial score (nSPS) is 17.9. The Labute approximate surface area is 111 Å². The van der Waals surface area contributed by atoms with Crippen LogP contribution in [0.1, 0.15) is 18.4 Å². The van der Waals surface area contributed by atoms with Crippen LogP contribution in [0.15, 0.2) is 12.3 Å². The molecule has 0 unspecified atom stereocenters. The maximum atomic E-state index is 9.99. The molecule has 0 atom stereocenters. The van der Waals surface area contributed by atoms with Crippen molar-refractivity contribution in [3.8, 4) is 11.9 Å². The molecule has 102 valence electrons. The smallest absolute Gasteiger partial charge is 0.233 e. The summed E-state index contributed by atoms with van der Waals surface area (Å²) in [6, 6.07) is 3.87. The van der Waals surface area contributed by atoms with Crippen LogP contribution in [0, 0.1) is 11.3 Å². The molecule has 6 nitrogen and oxygen atoms in total. The van der Waals surface area contributed by atoms with Gasteiger partial charge in [0.2, 0.25) is 5.88 Å². The number of hydrogen-bond donors (Lipinski definition) is 2. The molecule has 2 rings (SSSR count). The molecule has 2 heterocycles. The molecule has 1 aromatic heterocycles. The first-order valence-electron chi connectivity index (χ1n) is 6.15. The lowest BCUT2D eigenvalue weighted by Crippen LogP contribution is -2.46. The summed E-state index contributed by atoms with van der Waals surface area (Å²) in [7, 11) is 1.48. The minimum atomic E-state index is -1.000. The van der Waals surface area contributed by atoms with Gasteiger partial charge in [0.1, 0.15) is 11.6 Å². The predicted molar refractivity (Wildman–Crippen MR) is 69.0 cm³/mol. The summed E-state index contributed by atoms with van der Waals surface area (Å²) in [6.07, 6.45) is 2.54. The van der Waals surface area contributed by atoms with Gasteiger partial charge in [0, 0.05) is 19.3 Å². The van der Waals surface area contributed by atoms with Crippen molar-refractivity contribution in [1.29, 1.82) is 5.26 Å². The first-order chi connectivity index (χ1) is 9.13. The lowest BCUT2D eigenvalue weighted by Gasteiger charge is -2.38. The topological polar surface area (TPSA) is 89.6 Å². The van der Waals surface area contributed by atoms with Crippen LogP contribution < -0.4 is 9.64 Å². The van der Waals surface area contributed by atoms with Crippen molar-refractivity contribution in [3.05, 3.63) is 17.8 Å². The third-order valence-corrected chi connectivity index (χ3v) is 3.53. The number of pyridine rings is 1. The highest BCUT2D eigenvalue weighted by atomic mass is 16.5. The van der Waals surface area contributed by atoms with Gasteiger partial charge in [0.05, 0.1) is 25.0 Å². The number of nitriles is 1. The van der Waals surface area contributed by atoms with E-state index in [1.165, 1.54) is 7.11 Å². The zero-order chi connectivity index (χ0) is 13.9. The summed E-state index contributed by atoms with van der Waals surface area (Å²) in [6.45, 7) is 0.934. The third kappa shape index (κ3) is 2.62. The zero-order valence-corrected chi connectivity index (χ0v) is 10.8. The van der Waals surface area contributed by atoms with Crippen molar-refractivity contribution in [1.82, 2.24) is 4.98 Å². The molecular formula is C13H17N3O3. The first kappa shape index (κ1) is 13.6. The number of methoxy groups -OCH3 is 1. The van der Waals surface area contributed by atoms with Crippen molar-refractivity contribution in [2.45, 2.75) is 18.4 Å². The number of aliphatic hydroxyl groups is 2. The Morgan fingerprint density at radius 3 is 2.74 bits per heavy atom. The van der Waals surface area contributed by atoms with E-state index in [0.29, 0.717) is 37.4 Å². The minimum Gasteiger partial charge on any atom is -0.480 e. The Kier molecular flexibility index (Phi) is 3.88. The number of aliphatic hydroxyl groups excluding tert-OH is 1. The Hall–Kier alpha value is -1.84. The molecule has 1 aliphatic rings. The highest BCUT2D eigenvalue weighted by Crippen LogP contribution is 2.31. The SMILES string of the molecule is COc1nccc(N2CCC(O)(CO)CC2)c1C#N. The molecule has 0 aromatic carbocycles. The number of anilines is 1. The highest BCUT2D eigenvalue weighted by molar-refractivity contribution is 5.63. The van der Waals surface area contributed by atoms with E-state index in [-0.39, 0.29) is 6.61 Å². The van der Waals surface area contributed by atoms with Gasteiger partial charge in [-0.3, -0.25) is 0 Å². The largest absolute Gasteiger partial charge is 0.480 e. The van der Waals surface area contributed by atoms with E-state index in [9.17, 15) is 10.4 Å². The Morgan fingerprint density at radius 2 is 2.21 bits per heavy atom. The summed E-state index contributed by atoms with van der Waals surface area (Å²) in [5.74, 6) is 0.308. The third-order valence-electron chi connectivity index (χ3n) is 3.53. The molecule has 0 aliphatic carbocycles. The molecule has 0 saturated carbocycles. The van der Waals surface area contributed by atoms with Gasteiger partial charge in [-0.2, -0.15) is 5.26 Å². The maximum Gasteiger partial charge on any atom is 0.233 e. The average Bonchev–Trinajstić information content (AvgIpc) is 2.47. The molecule has 0 amide bonds. The maximum absolute atomic E-state index is 9.99. The molecule has 2 N–H and O–H groups in total. The number of aromatic nitrogens is 1. The van der Waals surface area contributed by atoms with Gasteiger partial charge in [-0.25, -0.2) is 4.98 Å². The molecule has 19 heavy (non-hydrogen) atoms. The van der Waals surface area contributed by atoms with Gasteiger partial charge in [-0.15, -0.1) is 0 Å².